The molecule has 0 saturated carbocycles. The molecule has 0 aliphatic rings. The summed E-state index contributed by atoms with van der Waals surface area (Å²) in [6.07, 6.45) is -5.32. The lowest BCUT2D eigenvalue weighted by Gasteiger charge is -2.14. The van der Waals surface area contributed by atoms with Gasteiger partial charge in [-0.3, -0.25) is 0 Å². The maximum Gasteiger partial charge on any atom is 0.416 e. The molecule has 0 bridgehead atoms. The third-order valence-electron chi connectivity index (χ3n) is 3.07. The third kappa shape index (κ3) is 3.83. The molecule has 21 heavy (non-hydrogen) atoms. The van der Waals surface area contributed by atoms with Crippen molar-refractivity contribution < 1.29 is 22.7 Å². The Morgan fingerprint density at radius 1 is 1.05 bits per heavy atom. The van der Waals surface area contributed by atoms with Crippen LogP contribution in [0.3, 0.4) is 0 Å². The molecule has 0 aliphatic heterocycles. The molecule has 1 N–H and O–H groups in total. The fraction of sp³-hybridized carbons (Fsp3) is 0.200. The Morgan fingerprint density at radius 3 is 2.24 bits per heavy atom. The molecule has 2 rings (SSSR count). The van der Waals surface area contributed by atoms with Gasteiger partial charge in [0.1, 0.15) is 5.82 Å². The van der Waals surface area contributed by atoms with E-state index in [2.05, 4.69) is 15.9 Å². The lowest BCUT2D eigenvalue weighted by molar-refractivity contribution is -0.137. The van der Waals surface area contributed by atoms with Gasteiger partial charge >= 0.3 is 6.18 Å². The summed E-state index contributed by atoms with van der Waals surface area (Å²) in [5.74, 6) is -0.452. The van der Waals surface area contributed by atoms with Gasteiger partial charge < -0.3 is 5.11 Å². The summed E-state index contributed by atoms with van der Waals surface area (Å²) in [7, 11) is 0. The lowest BCUT2D eigenvalue weighted by atomic mass is 10.0. The van der Waals surface area contributed by atoms with E-state index in [-0.39, 0.29) is 10.9 Å². The van der Waals surface area contributed by atoms with E-state index in [0.717, 1.165) is 12.1 Å². The molecule has 1 nitrogen and oxygen atoms in total. The number of aliphatic hydroxyl groups excluding tert-OH is 1. The zero-order chi connectivity index (χ0) is 15.6. The first-order chi connectivity index (χ1) is 9.79. The summed E-state index contributed by atoms with van der Waals surface area (Å²) < 4.78 is 51.0. The van der Waals surface area contributed by atoms with Crippen molar-refractivity contribution in [1.82, 2.24) is 0 Å². The molecule has 0 fully saturated rings. The van der Waals surface area contributed by atoms with E-state index in [9.17, 15) is 22.7 Å². The topological polar surface area (TPSA) is 20.2 Å². The van der Waals surface area contributed by atoms with Crippen LogP contribution in [0.25, 0.3) is 0 Å². The van der Waals surface area contributed by atoms with Crippen molar-refractivity contribution >= 4 is 15.9 Å². The lowest BCUT2D eigenvalue weighted by Crippen LogP contribution is -2.07. The number of hydrogen-bond acceptors (Lipinski definition) is 1. The fourth-order valence-electron chi connectivity index (χ4n) is 1.93. The minimum absolute atomic E-state index is 0.101. The number of halogens is 5. The van der Waals surface area contributed by atoms with Crippen LogP contribution >= 0.6 is 15.9 Å². The van der Waals surface area contributed by atoms with Gasteiger partial charge in [0.25, 0.3) is 0 Å². The standard InChI is InChI=1S/C15H11BrF4O/c16-14-10(2-1-3-12(14)17)8-13(21)9-4-6-11(7-5-9)15(18,19)20/h1-7,13,21H,8H2. The van der Waals surface area contributed by atoms with Gasteiger partial charge in [0.05, 0.1) is 16.1 Å². The summed E-state index contributed by atoms with van der Waals surface area (Å²) in [5, 5.41) is 10.1. The highest BCUT2D eigenvalue weighted by molar-refractivity contribution is 9.10. The highest BCUT2D eigenvalue weighted by atomic mass is 79.9. The van der Waals surface area contributed by atoms with Crippen molar-refractivity contribution in [2.75, 3.05) is 0 Å². The molecule has 0 amide bonds. The average molecular weight is 363 g/mol. The van der Waals surface area contributed by atoms with Crippen LogP contribution in [0.5, 0.6) is 0 Å². The Morgan fingerprint density at radius 2 is 1.67 bits per heavy atom. The van der Waals surface area contributed by atoms with Gasteiger partial charge in [-0.05, 0) is 45.3 Å². The van der Waals surface area contributed by atoms with Gasteiger partial charge in [0.2, 0.25) is 0 Å². The number of alkyl halides is 3. The molecule has 2 aromatic rings. The van der Waals surface area contributed by atoms with E-state index in [0.29, 0.717) is 11.1 Å². The van der Waals surface area contributed by atoms with Gasteiger partial charge in [-0.15, -0.1) is 0 Å². The van der Waals surface area contributed by atoms with Gasteiger partial charge in [0, 0.05) is 6.42 Å². The van der Waals surface area contributed by atoms with Crippen LogP contribution in [-0.2, 0) is 12.6 Å². The van der Waals surface area contributed by atoms with Gasteiger partial charge in [-0.2, -0.15) is 13.2 Å². The molecule has 2 aromatic carbocycles. The van der Waals surface area contributed by atoms with Crippen LogP contribution < -0.4 is 0 Å². The summed E-state index contributed by atoms with van der Waals surface area (Å²) in [6, 6.07) is 8.70. The maximum atomic E-state index is 13.4. The molecule has 0 heterocycles. The second-order valence-electron chi connectivity index (χ2n) is 4.55. The summed E-state index contributed by atoms with van der Waals surface area (Å²) >= 11 is 3.08. The number of aliphatic hydroxyl groups is 1. The van der Waals surface area contributed by atoms with Gasteiger partial charge in [-0.25, -0.2) is 4.39 Å². The van der Waals surface area contributed by atoms with Crippen molar-refractivity contribution in [3.8, 4) is 0 Å². The van der Waals surface area contributed by atoms with Crippen molar-refractivity contribution in [2.24, 2.45) is 0 Å². The normalized spacial score (nSPS) is 13.2. The summed E-state index contributed by atoms with van der Waals surface area (Å²) in [4.78, 5) is 0. The Labute approximate surface area is 127 Å². The molecular formula is C15H11BrF4O. The van der Waals surface area contributed by atoms with Crippen LogP contribution in [0.4, 0.5) is 17.6 Å². The van der Waals surface area contributed by atoms with Crippen LogP contribution in [0.15, 0.2) is 46.9 Å². The molecule has 0 aliphatic carbocycles. The minimum Gasteiger partial charge on any atom is -0.388 e. The minimum atomic E-state index is -4.41. The van der Waals surface area contributed by atoms with Crippen LogP contribution in [0, 0.1) is 5.82 Å². The van der Waals surface area contributed by atoms with Crippen LogP contribution in [-0.4, -0.2) is 5.11 Å². The third-order valence-corrected chi connectivity index (χ3v) is 3.96. The second-order valence-corrected chi connectivity index (χ2v) is 5.35. The molecule has 0 saturated heterocycles. The van der Waals surface area contributed by atoms with E-state index in [4.69, 9.17) is 0 Å². The maximum absolute atomic E-state index is 13.4. The smallest absolute Gasteiger partial charge is 0.388 e. The van der Waals surface area contributed by atoms with E-state index < -0.39 is 23.7 Å². The molecule has 6 heteroatoms. The molecule has 1 unspecified atom stereocenters. The fourth-order valence-corrected chi connectivity index (χ4v) is 2.35. The Hall–Kier alpha value is -1.40. The first kappa shape index (κ1) is 16.0. The van der Waals surface area contributed by atoms with Crippen LogP contribution in [0.2, 0.25) is 0 Å². The quantitative estimate of drug-likeness (QED) is 0.771. The molecule has 1 atom stereocenters. The average Bonchev–Trinajstić information content (AvgIpc) is 2.43. The summed E-state index contributed by atoms with van der Waals surface area (Å²) in [5.41, 5.74) is 0.118. The van der Waals surface area contributed by atoms with Gasteiger partial charge in [0.15, 0.2) is 0 Å². The predicted molar refractivity (Wildman–Crippen MR) is 74.2 cm³/mol. The monoisotopic (exact) mass is 362 g/mol. The van der Waals surface area contributed by atoms with Crippen molar-refractivity contribution in [3.63, 3.8) is 0 Å². The van der Waals surface area contributed by atoms with Crippen molar-refractivity contribution in [1.29, 1.82) is 0 Å². The van der Waals surface area contributed by atoms with Crippen LogP contribution in [0.1, 0.15) is 22.8 Å². The second kappa shape index (κ2) is 6.15. The number of rotatable bonds is 3. The van der Waals surface area contributed by atoms with Crippen molar-refractivity contribution in [3.05, 3.63) is 69.4 Å². The highest BCUT2D eigenvalue weighted by Gasteiger charge is 2.30. The first-order valence-electron chi connectivity index (χ1n) is 6.07. The van der Waals surface area contributed by atoms with E-state index in [1.54, 1.807) is 6.07 Å². The summed E-state index contributed by atoms with van der Waals surface area (Å²) in [6.45, 7) is 0. The molecule has 0 aromatic heterocycles. The zero-order valence-electron chi connectivity index (χ0n) is 10.7. The Balaban J connectivity index is 2.17. The van der Waals surface area contributed by atoms with E-state index in [1.807, 2.05) is 0 Å². The van der Waals surface area contributed by atoms with Crippen molar-refractivity contribution in [2.45, 2.75) is 18.7 Å². The molecule has 0 radical (unpaired) electrons. The molecule has 0 spiro atoms. The Kier molecular flexibility index (Phi) is 4.68. The zero-order valence-corrected chi connectivity index (χ0v) is 12.2. The van der Waals surface area contributed by atoms with E-state index in [1.165, 1.54) is 24.3 Å². The highest BCUT2D eigenvalue weighted by Crippen LogP contribution is 2.31. The number of benzene rings is 2. The molecule has 112 valence electrons. The first-order valence-corrected chi connectivity index (χ1v) is 6.86. The Bertz CT molecular complexity index is 623. The van der Waals surface area contributed by atoms with E-state index >= 15 is 0 Å². The van der Waals surface area contributed by atoms with Gasteiger partial charge in [-0.1, -0.05) is 24.3 Å². The largest absolute Gasteiger partial charge is 0.416 e. The SMILES string of the molecule is OC(Cc1cccc(F)c1Br)c1ccc(C(F)(F)F)cc1. The predicted octanol–water partition coefficient (Wildman–Crippen LogP) is 4.88. The molecular weight excluding hydrogens is 352 g/mol. The number of hydrogen-bond donors (Lipinski definition) is 1.